The summed E-state index contributed by atoms with van der Waals surface area (Å²) >= 11 is 0. The van der Waals surface area contributed by atoms with Crippen LogP contribution in [0.4, 0.5) is 0 Å². The zero-order valence-corrected chi connectivity index (χ0v) is 15.3. The van der Waals surface area contributed by atoms with Gasteiger partial charge in [0.2, 0.25) is 0 Å². The maximum absolute atomic E-state index is 13.2. The van der Waals surface area contributed by atoms with Crippen molar-refractivity contribution in [3.05, 3.63) is 82.9 Å². The van der Waals surface area contributed by atoms with E-state index in [0.29, 0.717) is 5.78 Å². The van der Waals surface area contributed by atoms with E-state index in [1.165, 1.54) is 11.1 Å². The van der Waals surface area contributed by atoms with Crippen LogP contribution in [0.1, 0.15) is 67.6 Å². The minimum absolute atomic E-state index is 0.294. The number of hydrogen-bond donors (Lipinski definition) is 0. The molecule has 0 aromatic heterocycles. The fourth-order valence-corrected chi connectivity index (χ4v) is 3.68. The maximum atomic E-state index is 13.2. The van der Waals surface area contributed by atoms with E-state index in [-0.39, 0.29) is 5.41 Å². The Morgan fingerprint density at radius 3 is 1.96 bits per heavy atom. The molecule has 0 fully saturated rings. The lowest BCUT2D eigenvalue weighted by molar-refractivity contribution is 0.0891. The van der Waals surface area contributed by atoms with Crippen LogP contribution in [0, 0.1) is 0 Å². The van der Waals surface area contributed by atoms with Gasteiger partial charge in [0, 0.05) is 5.56 Å². The van der Waals surface area contributed by atoms with E-state index in [0.717, 1.165) is 30.4 Å². The molecule has 0 unspecified atom stereocenters. The molecule has 2 aliphatic rings. The molecule has 0 atom stereocenters. The Balaban J connectivity index is 0.000000487. The van der Waals surface area contributed by atoms with Gasteiger partial charge in [-0.15, -0.1) is 0 Å². The van der Waals surface area contributed by atoms with E-state index in [9.17, 15) is 4.79 Å². The second kappa shape index (κ2) is 8.10. The first kappa shape index (κ1) is 18.2. The number of fused-ring (bicyclic) bond motifs is 3. The third kappa shape index (κ3) is 2.96. The van der Waals surface area contributed by atoms with Crippen LogP contribution in [-0.4, -0.2) is 5.78 Å². The fourth-order valence-electron chi connectivity index (χ4n) is 3.68. The molecule has 2 aliphatic carbocycles. The zero-order valence-electron chi connectivity index (χ0n) is 15.3. The Hall–Kier alpha value is -2.15. The molecule has 2 aromatic rings. The van der Waals surface area contributed by atoms with Gasteiger partial charge in [-0.3, -0.25) is 4.79 Å². The van der Waals surface area contributed by atoms with Crippen molar-refractivity contribution in [2.24, 2.45) is 0 Å². The van der Waals surface area contributed by atoms with Gasteiger partial charge in [-0.1, -0.05) is 88.4 Å². The number of rotatable bonds is 0. The number of carbonyl (C=O) groups excluding carboxylic acids is 1. The van der Waals surface area contributed by atoms with Gasteiger partial charge in [0.25, 0.3) is 0 Å². The van der Waals surface area contributed by atoms with E-state index in [2.05, 4.69) is 42.5 Å². The van der Waals surface area contributed by atoms with E-state index in [4.69, 9.17) is 0 Å². The highest BCUT2D eigenvalue weighted by Crippen LogP contribution is 2.44. The number of Topliss-reactive ketones (excluding diaryl/α,β-unsaturated/α-hetero) is 1. The molecule has 0 saturated heterocycles. The van der Waals surface area contributed by atoms with Crippen LogP contribution in [0.3, 0.4) is 0 Å². The summed E-state index contributed by atoms with van der Waals surface area (Å²) in [6, 6.07) is 16.5. The van der Waals surface area contributed by atoms with Crippen LogP contribution in [0.2, 0.25) is 0 Å². The lowest BCUT2D eigenvalue weighted by Crippen LogP contribution is -2.33. The van der Waals surface area contributed by atoms with Crippen molar-refractivity contribution in [1.29, 1.82) is 0 Å². The van der Waals surface area contributed by atoms with Crippen molar-refractivity contribution < 1.29 is 4.79 Å². The smallest absolute Gasteiger partial charge is 0.174 e. The fraction of sp³-hybridized carbons (Fsp3) is 0.348. The van der Waals surface area contributed by atoms with Gasteiger partial charge in [0.15, 0.2) is 5.78 Å². The summed E-state index contributed by atoms with van der Waals surface area (Å²) in [7, 11) is 0. The van der Waals surface area contributed by atoms with Gasteiger partial charge in [-0.2, -0.15) is 0 Å². The van der Waals surface area contributed by atoms with Crippen LogP contribution in [0.5, 0.6) is 0 Å². The first-order chi connectivity index (χ1) is 11.8. The molecule has 0 amide bonds. The standard InChI is InChI=1S/C19H16O.2C2H6/c20-18-16-9-3-1-7-14(16)13-15-8-2-4-10-17(15)19(18)11-5-6-12-19;2*1-2/h1-10H,11-13H2;2*1-2H3. The van der Waals surface area contributed by atoms with Gasteiger partial charge in [-0.25, -0.2) is 0 Å². The highest BCUT2D eigenvalue weighted by Gasteiger charge is 2.44. The minimum Gasteiger partial charge on any atom is -0.293 e. The van der Waals surface area contributed by atoms with E-state index in [1.54, 1.807) is 0 Å². The Bertz CT molecular complexity index is 716. The summed E-state index contributed by atoms with van der Waals surface area (Å²) < 4.78 is 0. The number of carbonyl (C=O) groups is 1. The summed E-state index contributed by atoms with van der Waals surface area (Å²) in [6.45, 7) is 8.00. The lowest BCUT2D eigenvalue weighted by Gasteiger charge is -2.28. The van der Waals surface area contributed by atoms with Crippen molar-refractivity contribution in [2.75, 3.05) is 0 Å². The first-order valence-electron chi connectivity index (χ1n) is 9.17. The van der Waals surface area contributed by atoms with Crippen molar-refractivity contribution in [3.8, 4) is 0 Å². The summed E-state index contributed by atoms with van der Waals surface area (Å²) in [4.78, 5) is 13.2. The predicted molar refractivity (Wildman–Crippen MR) is 103 cm³/mol. The molecule has 1 heteroatoms. The summed E-state index contributed by atoms with van der Waals surface area (Å²) in [6.07, 6.45) is 6.83. The first-order valence-corrected chi connectivity index (χ1v) is 9.17. The Morgan fingerprint density at radius 2 is 1.29 bits per heavy atom. The van der Waals surface area contributed by atoms with Crippen LogP contribution < -0.4 is 0 Å². The van der Waals surface area contributed by atoms with Crippen LogP contribution in [0.15, 0.2) is 60.7 Å². The Labute approximate surface area is 146 Å². The SMILES string of the molecule is CC.CC.O=C1c2ccccc2Cc2ccccc2C12CC=CC2. The predicted octanol–water partition coefficient (Wildman–Crippen LogP) is 6.11. The summed E-state index contributed by atoms with van der Waals surface area (Å²) in [5.41, 5.74) is 4.24. The summed E-state index contributed by atoms with van der Waals surface area (Å²) in [5.74, 6) is 0.294. The van der Waals surface area contributed by atoms with Crippen molar-refractivity contribution >= 4 is 5.78 Å². The highest BCUT2D eigenvalue weighted by molar-refractivity contribution is 6.06. The second-order valence-corrected chi connectivity index (χ2v) is 5.78. The molecule has 0 heterocycles. The monoisotopic (exact) mass is 320 g/mol. The second-order valence-electron chi connectivity index (χ2n) is 5.78. The molecule has 2 aromatic carbocycles. The van der Waals surface area contributed by atoms with E-state index in [1.807, 2.05) is 45.9 Å². The van der Waals surface area contributed by atoms with Gasteiger partial charge < -0.3 is 0 Å². The third-order valence-corrected chi connectivity index (χ3v) is 4.71. The molecule has 0 radical (unpaired) electrons. The molecular weight excluding hydrogens is 292 g/mol. The van der Waals surface area contributed by atoms with Crippen molar-refractivity contribution in [3.63, 3.8) is 0 Å². The zero-order chi connectivity index (χ0) is 17.6. The van der Waals surface area contributed by atoms with Gasteiger partial charge in [0.1, 0.15) is 0 Å². The number of allylic oxidation sites excluding steroid dienone is 2. The van der Waals surface area contributed by atoms with Crippen LogP contribution in [0.25, 0.3) is 0 Å². The molecule has 4 rings (SSSR count). The van der Waals surface area contributed by atoms with Crippen LogP contribution >= 0.6 is 0 Å². The lowest BCUT2D eigenvalue weighted by atomic mass is 9.72. The average Bonchev–Trinajstić information content (AvgIpc) is 3.13. The topological polar surface area (TPSA) is 17.1 Å². The van der Waals surface area contributed by atoms with E-state index >= 15 is 0 Å². The molecule has 0 bridgehead atoms. The third-order valence-electron chi connectivity index (χ3n) is 4.71. The summed E-state index contributed by atoms with van der Waals surface area (Å²) in [5, 5.41) is 0. The maximum Gasteiger partial charge on any atom is 0.174 e. The Kier molecular flexibility index (Phi) is 6.14. The average molecular weight is 320 g/mol. The molecule has 1 spiro atoms. The van der Waals surface area contributed by atoms with Gasteiger partial charge in [-0.05, 0) is 36.0 Å². The van der Waals surface area contributed by atoms with E-state index < -0.39 is 0 Å². The van der Waals surface area contributed by atoms with Gasteiger partial charge >= 0.3 is 0 Å². The molecule has 126 valence electrons. The number of ketones is 1. The molecule has 0 saturated carbocycles. The number of hydrogen-bond acceptors (Lipinski definition) is 1. The molecule has 1 nitrogen and oxygen atoms in total. The van der Waals surface area contributed by atoms with Crippen molar-refractivity contribution in [1.82, 2.24) is 0 Å². The quantitative estimate of drug-likeness (QED) is 0.535. The minimum atomic E-state index is -0.358. The Morgan fingerprint density at radius 1 is 0.750 bits per heavy atom. The molecule has 0 aliphatic heterocycles. The molecular formula is C23H28O. The molecule has 0 N–H and O–H groups in total. The van der Waals surface area contributed by atoms with Crippen LogP contribution in [-0.2, 0) is 11.8 Å². The normalized spacial score (nSPS) is 16.1. The highest BCUT2D eigenvalue weighted by atomic mass is 16.1. The molecule has 24 heavy (non-hydrogen) atoms. The largest absolute Gasteiger partial charge is 0.293 e. The van der Waals surface area contributed by atoms with Gasteiger partial charge in [0.05, 0.1) is 5.41 Å². The van der Waals surface area contributed by atoms with Crippen molar-refractivity contribution in [2.45, 2.75) is 52.4 Å². The number of benzene rings is 2.